The van der Waals surface area contributed by atoms with E-state index in [1.54, 1.807) is 6.92 Å². The third-order valence-corrected chi connectivity index (χ3v) is 6.49. The Balaban J connectivity index is 1.85. The average Bonchev–Trinajstić information content (AvgIpc) is 2.97. The monoisotopic (exact) mass is 402 g/mol. The van der Waals surface area contributed by atoms with E-state index in [1.807, 2.05) is 6.92 Å². The van der Waals surface area contributed by atoms with Gasteiger partial charge in [-0.25, -0.2) is 0 Å². The fourth-order valence-corrected chi connectivity index (χ4v) is 4.41. The first-order valence-electron chi connectivity index (χ1n) is 10.8. The Labute approximate surface area is 176 Å². The summed E-state index contributed by atoms with van der Waals surface area (Å²) in [5.41, 5.74) is 3.19. The van der Waals surface area contributed by atoms with Gasteiger partial charge in [-0.1, -0.05) is 43.7 Å². The maximum atomic E-state index is 12.4. The molecule has 1 N–H and O–H groups in total. The lowest BCUT2D eigenvalue weighted by Gasteiger charge is -2.33. The van der Waals surface area contributed by atoms with Crippen LogP contribution in [0.5, 0.6) is 0 Å². The van der Waals surface area contributed by atoms with Gasteiger partial charge in [0.05, 0.1) is 12.9 Å². The number of aliphatic hydroxyl groups is 1. The second-order valence-corrected chi connectivity index (χ2v) is 8.88. The summed E-state index contributed by atoms with van der Waals surface area (Å²) in [7, 11) is 1.52. The standard InChI is InChI=1S/C25H38O4/c1-15(9-8-10-16(2)13-21-14-17(3)20(6)29-21)11-12-22-18(4)23(26)19(5)25(28-7)24(22)27/h10-11,17-18,21-22,24,27H,6,8-9,12-14H2,1-5,7H3/b15-11+,16-10+/t17?,18-,21?,22-,24-/m1/s1. The van der Waals surface area contributed by atoms with E-state index in [9.17, 15) is 9.90 Å². The van der Waals surface area contributed by atoms with Crippen LogP contribution in [-0.4, -0.2) is 30.2 Å². The first-order valence-corrected chi connectivity index (χ1v) is 10.8. The van der Waals surface area contributed by atoms with E-state index in [-0.39, 0.29) is 23.7 Å². The summed E-state index contributed by atoms with van der Waals surface area (Å²) in [6, 6.07) is 0. The smallest absolute Gasteiger partial charge is 0.165 e. The number of Topliss-reactive ketones (excluding diaryl/α,β-unsaturated/α-hetero) is 1. The van der Waals surface area contributed by atoms with E-state index < -0.39 is 6.10 Å². The molecule has 0 spiro atoms. The van der Waals surface area contributed by atoms with Crippen LogP contribution in [0, 0.1) is 17.8 Å². The normalized spacial score (nSPS) is 31.3. The molecule has 1 saturated heterocycles. The van der Waals surface area contributed by atoms with E-state index in [4.69, 9.17) is 9.47 Å². The number of ketones is 1. The first-order chi connectivity index (χ1) is 13.6. The van der Waals surface area contributed by atoms with Gasteiger partial charge in [-0.2, -0.15) is 0 Å². The zero-order valence-corrected chi connectivity index (χ0v) is 19.0. The van der Waals surface area contributed by atoms with Crippen LogP contribution in [0.4, 0.5) is 0 Å². The molecule has 1 aliphatic carbocycles. The Kier molecular flexibility index (Phi) is 8.33. The molecular weight excluding hydrogens is 364 g/mol. The first kappa shape index (κ1) is 23.5. The summed E-state index contributed by atoms with van der Waals surface area (Å²) in [6.45, 7) is 14.1. The molecule has 0 amide bonds. The SMILES string of the molecule is C=C1OC(C/C(C)=C/CC/C(C)=C/C[C@@H]2[C@@H](C)C(=O)C(C)=C(OC)[C@@H]2O)CC1C. The molecule has 2 aliphatic rings. The van der Waals surface area contributed by atoms with E-state index >= 15 is 0 Å². The molecule has 0 saturated carbocycles. The van der Waals surface area contributed by atoms with Crippen LogP contribution in [0.1, 0.15) is 66.7 Å². The molecule has 0 radical (unpaired) electrons. The summed E-state index contributed by atoms with van der Waals surface area (Å²) < 4.78 is 11.1. The van der Waals surface area contributed by atoms with Gasteiger partial charge >= 0.3 is 0 Å². The molecule has 29 heavy (non-hydrogen) atoms. The van der Waals surface area contributed by atoms with Gasteiger partial charge in [-0.3, -0.25) is 4.79 Å². The molecule has 2 rings (SSSR count). The number of allylic oxidation sites excluding steroid dienone is 5. The molecule has 0 aromatic carbocycles. The third-order valence-electron chi connectivity index (χ3n) is 6.49. The zero-order valence-electron chi connectivity index (χ0n) is 19.0. The molecular formula is C25H38O4. The van der Waals surface area contributed by atoms with Crippen LogP contribution < -0.4 is 0 Å². The Bertz CT molecular complexity index is 712. The second-order valence-electron chi connectivity index (χ2n) is 8.88. The van der Waals surface area contributed by atoms with Crippen molar-refractivity contribution in [3.8, 4) is 0 Å². The Morgan fingerprint density at radius 3 is 2.55 bits per heavy atom. The summed E-state index contributed by atoms with van der Waals surface area (Å²) in [5, 5.41) is 10.6. The second kappa shape index (κ2) is 10.3. The van der Waals surface area contributed by atoms with E-state index in [2.05, 4.69) is 39.5 Å². The highest BCUT2D eigenvalue weighted by Crippen LogP contribution is 2.35. The van der Waals surface area contributed by atoms with Gasteiger partial charge in [0.25, 0.3) is 0 Å². The Hall–Kier alpha value is -1.81. The van der Waals surface area contributed by atoms with Crippen molar-refractivity contribution in [2.24, 2.45) is 17.8 Å². The summed E-state index contributed by atoms with van der Waals surface area (Å²) in [6.07, 6.45) is 8.67. The number of hydrogen-bond acceptors (Lipinski definition) is 4. The maximum Gasteiger partial charge on any atom is 0.165 e. The van der Waals surface area contributed by atoms with Crippen molar-refractivity contribution >= 4 is 5.78 Å². The molecule has 1 fully saturated rings. The van der Waals surface area contributed by atoms with Crippen LogP contribution in [0.15, 0.2) is 47.0 Å². The van der Waals surface area contributed by atoms with Crippen molar-refractivity contribution in [2.75, 3.05) is 7.11 Å². The van der Waals surface area contributed by atoms with Crippen molar-refractivity contribution in [3.63, 3.8) is 0 Å². The largest absolute Gasteiger partial charge is 0.498 e. The number of carbonyl (C=O) groups is 1. The maximum absolute atomic E-state index is 12.4. The average molecular weight is 403 g/mol. The summed E-state index contributed by atoms with van der Waals surface area (Å²) in [4.78, 5) is 12.4. The van der Waals surface area contributed by atoms with Gasteiger partial charge in [0.15, 0.2) is 5.78 Å². The van der Waals surface area contributed by atoms with Gasteiger partial charge < -0.3 is 14.6 Å². The fraction of sp³-hybridized carbons (Fsp3) is 0.640. The molecule has 0 bridgehead atoms. The number of carbonyl (C=O) groups excluding carboxylic acids is 1. The molecule has 5 atom stereocenters. The highest BCUT2D eigenvalue weighted by Gasteiger charge is 2.39. The number of methoxy groups -OCH3 is 1. The summed E-state index contributed by atoms with van der Waals surface area (Å²) in [5.74, 6) is 1.55. The lowest BCUT2D eigenvalue weighted by atomic mass is 9.75. The minimum Gasteiger partial charge on any atom is -0.498 e. The van der Waals surface area contributed by atoms with Gasteiger partial charge in [-0.15, -0.1) is 0 Å². The number of ether oxygens (including phenoxy) is 2. The molecule has 0 aromatic rings. The zero-order chi connectivity index (χ0) is 21.7. The van der Waals surface area contributed by atoms with Crippen LogP contribution in [-0.2, 0) is 14.3 Å². The third kappa shape index (κ3) is 5.85. The van der Waals surface area contributed by atoms with Crippen molar-refractivity contribution in [1.29, 1.82) is 0 Å². The lowest BCUT2D eigenvalue weighted by Crippen LogP contribution is -2.39. The van der Waals surface area contributed by atoms with E-state index in [0.717, 1.165) is 31.4 Å². The molecule has 4 heteroatoms. The highest BCUT2D eigenvalue weighted by atomic mass is 16.5. The number of hydrogen-bond donors (Lipinski definition) is 1. The van der Waals surface area contributed by atoms with Crippen LogP contribution in [0.25, 0.3) is 0 Å². The molecule has 4 nitrogen and oxygen atoms in total. The Morgan fingerprint density at radius 1 is 1.28 bits per heavy atom. The molecule has 1 heterocycles. The lowest BCUT2D eigenvalue weighted by molar-refractivity contribution is -0.124. The molecule has 1 aliphatic heterocycles. The minimum absolute atomic E-state index is 0.0768. The van der Waals surface area contributed by atoms with Gasteiger partial charge in [0.1, 0.15) is 18.0 Å². The quantitative estimate of drug-likeness (QED) is 0.545. The van der Waals surface area contributed by atoms with Crippen LogP contribution in [0.3, 0.4) is 0 Å². The fourth-order valence-electron chi connectivity index (χ4n) is 4.41. The van der Waals surface area contributed by atoms with Crippen molar-refractivity contribution in [1.82, 2.24) is 0 Å². The summed E-state index contributed by atoms with van der Waals surface area (Å²) >= 11 is 0. The number of aliphatic hydroxyl groups excluding tert-OH is 1. The van der Waals surface area contributed by atoms with Gasteiger partial charge in [0.2, 0.25) is 0 Å². The predicted molar refractivity (Wildman–Crippen MR) is 117 cm³/mol. The molecule has 162 valence electrons. The number of rotatable bonds is 8. The van der Waals surface area contributed by atoms with E-state index in [0.29, 0.717) is 23.7 Å². The van der Waals surface area contributed by atoms with Crippen LogP contribution in [0.2, 0.25) is 0 Å². The van der Waals surface area contributed by atoms with Crippen molar-refractivity contribution in [3.05, 3.63) is 47.0 Å². The van der Waals surface area contributed by atoms with Gasteiger partial charge in [-0.05, 0) is 46.5 Å². The topological polar surface area (TPSA) is 55.8 Å². The minimum atomic E-state index is -0.720. The van der Waals surface area contributed by atoms with E-state index in [1.165, 1.54) is 18.3 Å². The molecule has 0 aromatic heterocycles. The molecule has 2 unspecified atom stereocenters. The highest BCUT2D eigenvalue weighted by molar-refractivity contribution is 5.98. The van der Waals surface area contributed by atoms with Crippen molar-refractivity contribution < 1.29 is 19.4 Å². The van der Waals surface area contributed by atoms with Crippen molar-refractivity contribution in [2.45, 2.75) is 78.9 Å². The predicted octanol–water partition coefficient (Wildman–Crippen LogP) is 5.49. The van der Waals surface area contributed by atoms with Gasteiger partial charge in [0, 0.05) is 29.7 Å². The van der Waals surface area contributed by atoms with Crippen LogP contribution >= 0.6 is 0 Å². The Morgan fingerprint density at radius 2 is 1.97 bits per heavy atom.